The Morgan fingerprint density at radius 3 is 2.93 bits per heavy atom. The van der Waals surface area contributed by atoms with E-state index < -0.39 is 0 Å². The number of nitrogens with zero attached hydrogens (tertiary/aromatic N) is 1. The molecule has 0 atom stereocenters. The minimum absolute atomic E-state index is 0.0433. The minimum atomic E-state index is 0.0433. The fourth-order valence-corrected chi connectivity index (χ4v) is 1.84. The second-order valence-electron chi connectivity index (χ2n) is 3.33. The average molecular weight is 181 g/mol. The third-order valence-electron chi connectivity index (χ3n) is 2.50. The number of carbonyl (C=O) groups is 1. The summed E-state index contributed by atoms with van der Waals surface area (Å²) in [7, 11) is 0. The van der Waals surface area contributed by atoms with E-state index in [-0.39, 0.29) is 5.78 Å². The number of aromatic nitrogens is 1. The van der Waals surface area contributed by atoms with E-state index in [9.17, 15) is 4.79 Å². The van der Waals surface area contributed by atoms with E-state index in [2.05, 4.69) is 4.98 Å². The van der Waals surface area contributed by atoms with Crippen LogP contribution in [0.2, 0.25) is 0 Å². The van der Waals surface area contributed by atoms with Gasteiger partial charge in [-0.3, -0.25) is 9.78 Å². The Balaban J connectivity index is 2.58. The van der Waals surface area contributed by atoms with Gasteiger partial charge in [0.25, 0.3) is 0 Å². The molecule has 3 rings (SSSR count). The summed E-state index contributed by atoms with van der Waals surface area (Å²) in [5.41, 5.74) is 1.81. The highest BCUT2D eigenvalue weighted by molar-refractivity contribution is 6.19. The van der Waals surface area contributed by atoms with Crippen LogP contribution in [0, 0.1) is 0 Å². The number of pyridine rings is 1. The molecule has 1 aromatic carbocycles. The minimum Gasteiger partial charge on any atom is -0.289 e. The molecule has 0 bridgehead atoms. The maximum atomic E-state index is 11.5. The van der Waals surface area contributed by atoms with Crippen LogP contribution in [0.3, 0.4) is 0 Å². The Morgan fingerprint density at radius 2 is 2.00 bits per heavy atom. The molecule has 0 amide bonds. The third-order valence-corrected chi connectivity index (χ3v) is 2.50. The van der Waals surface area contributed by atoms with Crippen LogP contribution in [0.5, 0.6) is 0 Å². The van der Waals surface area contributed by atoms with Crippen LogP contribution in [0.1, 0.15) is 15.9 Å². The molecule has 0 saturated carbocycles. The number of allylic oxidation sites excluding steroid dienone is 1. The first-order valence-electron chi connectivity index (χ1n) is 4.45. The predicted molar refractivity (Wildman–Crippen MR) is 55.1 cm³/mol. The maximum absolute atomic E-state index is 11.5. The predicted octanol–water partition coefficient (Wildman–Crippen LogP) is 2.44. The van der Waals surface area contributed by atoms with Crippen molar-refractivity contribution >= 4 is 22.6 Å². The van der Waals surface area contributed by atoms with E-state index in [0.29, 0.717) is 5.56 Å². The topological polar surface area (TPSA) is 30.0 Å². The molecule has 14 heavy (non-hydrogen) atoms. The molecule has 66 valence electrons. The molecule has 0 spiro atoms. The summed E-state index contributed by atoms with van der Waals surface area (Å²) in [4.78, 5) is 15.6. The first-order chi connectivity index (χ1) is 6.86. The molecule has 1 heterocycles. The molecule has 0 N–H and O–H groups in total. The molecule has 2 aromatic rings. The van der Waals surface area contributed by atoms with Gasteiger partial charge in [-0.1, -0.05) is 24.3 Å². The second-order valence-corrected chi connectivity index (χ2v) is 3.33. The van der Waals surface area contributed by atoms with Crippen molar-refractivity contribution in [3.8, 4) is 0 Å². The van der Waals surface area contributed by atoms with E-state index in [1.807, 2.05) is 24.3 Å². The van der Waals surface area contributed by atoms with Gasteiger partial charge < -0.3 is 0 Å². The summed E-state index contributed by atoms with van der Waals surface area (Å²) < 4.78 is 0. The van der Waals surface area contributed by atoms with Gasteiger partial charge in [0.1, 0.15) is 0 Å². The van der Waals surface area contributed by atoms with Gasteiger partial charge in [-0.05, 0) is 11.6 Å². The van der Waals surface area contributed by atoms with Crippen molar-refractivity contribution in [2.24, 2.45) is 0 Å². The fourth-order valence-electron chi connectivity index (χ4n) is 1.84. The van der Waals surface area contributed by atoms with Crippen molar-refractivity contribution in [3.05, 3.63) is 47.8 Å². The second kappa shape index (κ2) is 2.51. The Morgan fingerprint density at radius 1 is 1.07 bits per heavy atom. The lowest BCUT2D eigenvalue weighted by atomic mass is 9.95. The molecule has 0 aliphatic heterocycles. The maximum Gasteiger partial charge on any atom is 0.188 e. The molecule has 1 aliphatic rings. The van der Waals surface area contributed by atoms with Gasteiger partial charge in [0.2, 0.25) is 0 Å². The van der Waals surface area contributed by atoms with Crippen molar-refractivity contribution in [2.45, 2.75) is 0 Å². The fraction of sp³-hybridized carbons (Fsp3) is 0. The molecule has 1 aromatic heterocycles. The highest BCUT2D eigenvalue weighted by Gasteiger charge is 2.13. The molecule has 0 saturated heterocycles. The number of benzene rings is 1. The zero-order valence-corrected chi connectivity index (χ0v) is 7.40. The summed E-state index contributed by atoms with van der Waals surface area (Å²) in [6, 6.07) is 5.96. The van der Waals surface area contributed by atoms with E-state index in [1.165, 1.54) is 0 Å². The van der Waals surface area contributed by atoms with Gasteiger partial charge in [-0.25, -0.2) is 0 Å². The van der Waals surface area contributed by atoms with Gasteiger partial charge >= 0.3 is 0 Å². The lowest BCUT2D eigenvalue weighted by molar-refractivity contribution is 0.104. The number of ketones is 1. The monoisotopic (exact) mass is 181 g/mol. The smallest absolute Gasteiger partial charge is 0.188 e. The summed E-state index contributed by atoms with van der Waals surface area (Å²) in [5.74, 6) is 0.0433. The summed E-state index contributed by atoms with van der Waals surface area (Å²) in [6.45, 7) is 0. The van der Waals surface area contributed by atoms with Gasteiger partial charge in [0.15, 0.2) is 5.78 Å². The molecule has 2 nitrogen and oxygen atoms in total. The molecule has 0 unspecified atom stereocenters. The average Bonchev–Trinajstić information content (AvgIpc) is 2.24. The highest BCUT2D eigenvalue weighted by atomic mass is 16.1. The molecular weight excluding hydrogens is 174 g/mol. The van der Waals surface area contributed by atoms with Crippen molar-refractivity contribution < 1.29 is 4.79 Å². The van der Waals surface area contributed by atoms with E-state index in [0.717, 1.165) is 16.3 Å². The lowest BCUT2D eigenvalue weighted by Crippen LogP contribution is -2.01. The Kier molecular flexibility index (Phi) is 1.34. The number of hydrogen-bond acceptors (Lipinski definition) is 2. The lowest BCUT2D eigenvalue weighted by Gasteiger charge is -2.09. The highest BCUT2D eigenvalue weighted by Crippen LogP contribution is 2.26. The van der Waals surface area contributed by atoms with Crippen molar-refractivity contribution in [3.63, 3.8) is 0 Å². The Hall–Kier alpha value is -1.96. The quantitative estimate of drug-likeness (QED) is 0.624. The SMILES string of the molecule is O=C1C=Cc2cccc3cncc1c23. The summed E-state index contributed by atoms with van der Waals surface area (Å²) in [5, 5.41) is 2.05. The van der Waals surface area contributed by atoms with Crippen LogP contribution in [-0.4, -0.2) is 10.8 Å². The molecule has 0 fully saturated rings. The van der Waals surface area contributed by atoms with Crippen LogP contribution in [-0.2, 0) is 0 Å². The van der Waals surface area contributed by atoms with Crippen LogP contribution in [0.15, 0.2) is 36.7 Å². The van der Waals surface area contributed by atoms with E-state index in [1.54, 1.807) is 18.5 Å². The Bertz CT molecular complexity index is 564. The number of hydrogen-bond donors (Lipinski definition) is 0. The van der Waals surface area contributed by atoms with Crippen LogP contribution in [0.25, 0.3) is 16.8 Å². The van der Waals surface area contributed by atoms with Crippen LogP contribution < -0.4 is 0 Å². The third kappa shape index (κ3) is 0.852. The molecule has 1 aliphatic carbocycles. The molecule has 0 radical (unpaired) electrons. The van der Waals surface area contributed by atoms with Gasteiger partial charge in [-0.2, -0.15) is 0 Å². The van der Waals surface area contributed by atoms with Gasteiger partial charge in [0.05, 0.1) is 0 Å². The first-order valence-corrected chi connectivity index (χ1v) is 4.45. The summed E-state index contributed by atoms with van der Waals surface area (Å²) >= 11 is 0. The van der Waals surface area contributed by atoms with E-state index in [4.69, 9.17) is 0 Å². The normalized spacial score (nSPS) is 13.6. The molecule has 2 heteroatoms. The molecular formula is C12H7NO. The van der Waals surface area contributed by atoms with Gasteiger partial charge in [0, 0.05) is 28.7 Å². The summed E-state index contributed by atoms with van der Waals surface area (Å²) in [6.07, 6.45) is 6.88. The largest absolute Gasteiger partial charge is 0.289 e. The van der Waals surface area contributed by atoms with Crippen molar-refractivity contribution in [1.29, 1.82) is 0 Å². The van der Waals surface area contributed by atoms with Crippen molar-refractivity contribution in [2.75, 3.05) is 0 Å². The zero-order valence-electron chi connectivity index (χ0n) is 7.40. The number of rotatable bonds is 0. The van der Waals surface area contributed by atoms with Crippen LogP contribution in [0.4, 0.5) is 0 Å². The zero-order chi connectivity index (χ0) is 9.54. The van der Waals surface area contributed by atoms with Crippen LogP contribution >= 0.6 is 0 Å². The van der Waals surface area contributed by atoms with Gasteiger partial charge in [-0.15, -0.1) is 0 Å². The van der Waals surface area contributed by atoms with Crippen molar-refractivity contribution in [1.82, 2.24) is 4.98 Å². The standard InChI is InChI=1S/C12H7NO/c14-11-5-4-8-2-1-3-9-6-13-7-10(11)12(8)9/h1-7H. The number of carbonyl (C=O) groups excluding carboxylic acids is 1. The van der Waals surface area contributed by atoms with E-state index >= 15 is 0 Å². The first kappa shape index (κ1) is 7.44. The Labute approximate surface area is 80.9 Å².